The van der Waals surface area contributed by atoms with Crippen LogP contribution in [0.25, 0.3) is 22.4 Å². The molecule has 8 nitrogen and oxygen atoms in total. The summed E-state index contributed by atoms with van der Waals surface area (Å²) in [5, 5.41) is 8.54. The maximum absolute atomic E-state index is 13.8. The van der Waals surface area contributed by atoms with E-state index in [1.165, 1.54) is 7.11 Å². The Morgan fingerprint density at radius 3 is 2.46 bits per heavy atom. The summed E-state index contributed by atoms with van der Waals surface area (Å²) in [5.74, 6) is 1.10. The molecule has 2 unspecified atom stereocenters. The van der Waals surface area contributed by atoms with Gasteiger partial charge in [-0.05, 0) is 79.5 Å². The number of anilines is 1. The van der Waals surface area contributed by atoms with E-state index in [1.807, 2.05) is 47.4 Å². The third-order valence-electron chi connectivity index (χ3n) is 9.52. The number of nitrogens with zero attached hydrogens (tertiary/aromatic N) is 2. The average Bonchev–Trinajstić information content (AvgIpc) is 3.78. The minimum atomic E-state index is -0.428. The summed E-state index contributed by atoms with van der Waals surface area (Å²) < 4.78 is 17.4. The maximum atomic E-state index is 13.8. The number of carbonyl (C=O) groups excluding carboxylic acids is 2. The van der Waals surface area contributed by atoms with Crippen molar-refractivity contribution in [1.29, 1.82) is 0 Å². The van der Waals surface area contributed by atoms with Gasteiger partial charge in [0.2, 0.25) is 0 Å². The van der Waals surface area contributed by atoms with E-state index in [-0.39, 0.29) is 24.2 Å². The van der Waals surface area contributed by atoms with Crippen LogP contribution in [0.5, 0.6) is 0 Å². The molecule has 2 aliphatic heterocycles. The van der Waals surface area contributed by atoms with Crippen molar-refractivity contribution in [2.45, 2.75) is 69.7 Å². The summed E-state index contributed by atoms with van der Waals surface area (Å²) in [6.07, 6.45) is 4.47. The summed E-state index contributed by atoms with van der Waals surface area (Å²) in [5.41, 5.74) is 4.83. The van der Waals surface area contributed by atoms with Crippen LogP contribution in [0, 0.1) is 5.92 Å². The lowest BCUT2D eigenvalue weighted by Crippen LogP contribution is -2.51. The molecule has 1 aromatic heterocycles. The van der Waals surface area contributed by atoms with Gasteiger partial charge < -0.3 is 24.2 Å². The second kappa shape index (κ2) is 12.7. The molecule has 2 amide bonds. The van der Waals surface area contributed by atoms with E-state index < -0.39 is 5.97 Å². The Kier molecular flexibility index (Phi) is 8.53. The van der Waals surface area contributed by atoms with Crippen LogP contribution in [0.1, 0.15) is 66.6 Å². The second-order valence-electron chi connectivity index (χ2n) is 12.5. The predicted octanol–water partition coefficient (Wildman–Crippen LogP) is 8.97. The number of hydrogen-bond donors (Lipinski definition) is 1. The second-order valence-corrected chi connectivity index (χ2v) is 13.4. The Labute approximate surface area is 277 Å². The van der Waals surface area contributed by atoms with E-state index in [4.69, 9.17) is 37.2 Å². The summed E-state index contributed by atoms with van der Waals surface area (Å²) in [6.45, 7) is 2.54. The first-order chi connectivity index (χ1) is 22.3. The molecule has 3 heterocycles. The van der Waals surface area contributed by atoms with Crippen LogP contribution in [0.15, 0.2) is 71.3 Å². The van der Waals surface area contributed by atoms with Crippen LogP contribution < -0.4 is 5.32 Å². The molecule has 238 valence electrons. The molecule has 10 heteroatoms. The number of fused-ring (bicyclic) bond motifs is 2. The minimum absolute atomic E-state index is 0.0236. The zero-order valence-corrected chi connectivity index (χ0v) is 27.2. The van der Waals surface area contributed by atoms with Gasteiger partial charge in [-0.3, -0.25) is 0 Å². The first-order valence-electron chi connectivity index (χ1n) is 15.7. The largest absolute Gasteiger partial charge is 0.465 e. The van der Waals surface area contributed by atoms with E-state index >= 15 is 0 Å². The SMILES string of the molecule is COC(=O)c1ccc(NC(=O)N2C3C[C@H](OCc4c(-c5c(Cl)cccc5Cl)noc4C4CC4)CC2[C@H](C)C3)cc1-c1ccccc1. The van der Waals surface area contributed by atoms with E-state index in [2.05, 4.69) is 17.4 Å². The van der Waals surface area contributed by atoms with Gasteiger partial charge in [0.05, 0.1) is 35.4 Å². The Hall–Kier alpha value is -3.85. The topological polar surface area (TPSA) is 93.9 Å². The third-order valence-corrected chi connectivity index (χ3v) is 10.1. The number of urea groups is 1. The summed E-state index contributed by atoms with van der Waals surface area (Å²) in [7, 11) is 1.36. The van der Waals surface area contributed by atoms with Gasteiger partial charge in [0.25, 0.3) is 0 Å². The molecular formula is C36H35Cl2N3O5. The monoisotopic (exact) mass is 659 g/mol. The number of ether oxygens (including phenoxy) is 2. The highest BCUT2D eigenvalue weighted by Gasteiger charge is 2.48. The zero-order valence-electron chi connectivity index (χ0n) is 25.7. The van der Waals surface area contributed by atoms with Gasteiger partial charge in [-0.25, -0.2) is 9.59 Å². The van der Waals surface area contributed by atoms with Gasteiger partial charge in [-0.1, -0.05) is 71.7 Å². The fraction of sp³-hybridized carbons (Fsp3) is 0.361. The van der Waals surface area contributed by atoms with Crippen molar-refractivity contribution in [3.8, 4) is 22.4 Å². The van der Waals surface area contributed by atoms with E-state index in [9.17, 15) is 9.59 Å². The lowest BCUT2D eigenvalue weighted by molar-refractivity contribution is -0.0181. The molecule has 46 heavy (non-hydrogen) atoms. The molecular weight excluding hydrogens is 625 g/mol. The zero-order chi connectivity index (χ0) is 31.9. The molecule has 4 aromatic rings. The van der Waals surface area contributed by atoms with Crippen LogP contribution in [-0.4, -0.2) is 47.4 Å². The fourth-order valence-corrected chi connectivity index (χ4v) is 7.70. The van der Waals surface area contributed by atoms with Crippen molar-refractivity contribution < 1.29 is 23.6 Å². The summed E-state index contributed by atoms with van der Waals surface area (Å²) in [4.78, 5) is 28.3. The van der Waals surface area contributed by atoms with Crippen LogP contribution in [-0.2, 0) is 16.1 Å². The van der Waals surface area contributed by atoms with E-state index in [1.54, 1.807) is 24.3 Å². The van der Waals surface area contributed by atoms with Gasteiger partial charge in [-0.15, -0.1) is 0 Å². The first kappa shape index (κ1) is 30.8. The number of esters is 1. The van der Waals surface area contributed by atoms with Crippen molar-refractivity contribution >= 4 is 40.9 Å². The molecule has 0 radical (unpaired) electrons. The molecule has 7 rings (SSSR count). The molecule has 3 aliphatic rings. The highest BCUT2D eigenvalue weighted by molar-refractivity contribution is 6.39. The number of methoxy groups -OCH3 is 1. The van der Waals surface area contributed by atoms with E-state index in [0.29, 0.717) is 56.6 Å². The minimum Gasteiger partial charge on any atom is -0.465 e. The van der Waals surface area contributed by atoms with Crippen molar-refractivity contribution in [2.24, 2.45) is 5.92 Å². The highest BCUT2D eigenvalue weighted by Crippen LogP contribution is 2.47. The van der Waals surface area contributed by atoms with Gasteiger partial charge in [0.15, 0.2) is 0 Å². The molecule has 0 spiro atoms. The predicted molar refractivity (Wildman–Crippen MR) is 177 cm³/mol. The van der Waals surface area contributed by atoms with Crippen molar-refractivity contribution in [1.82, 2.24) is 10.1 Å². The molecule has 1 aliphatic carbocycles. The summed E-state index contributed by atoms with van der Waals surface area (Å²) in [6, 6.07) is 20.2. The van der Waals surface area contributed by atoms with Crippen LogP contribution in [0.3, 0.4) is 0 Å². The molecule has 1 N–H and O–H groups in total. The number of piperidine rings is 1. The van der Waals surface area contributed by atoms with Gasteiger partial charge in [0, 0.05) is 34.8 Å². The molecule has 2 bridgehead atoms. The number of amides is 2. The Morgan fingerprint density at radius 2 is 1.76 bits per heavy atom. The normalized spacial score (nSPS) is 22.1. The molecule has 4 atom stereocenters. The quantitative estimate of drug-likeness (QED) is 0.190. The van der Waals surface area contributed by atoms with Gasteiger partial charge in [0.1, 0.15) is 11.5 Å². The Morgan fingerprint density at radius 1 is 1.00 bits per heavy atom. The van der Waals surface area contributed by atoms with Gasteiger partial charge >= 0.3 is 12.0 Å². The molecule has 1 saturated carbocycles. The molecule has 2 saturated heterocycles. The molecule has 3 aromatic carbocycles. The molecule has 3 fully saturated rings. The smallest absolute Gasteiger partial charge is 0.338 e. The fourth-order valence-electron chi connectivity index (χ4n) is 7.13. The van der Waals surface area contributed by atoms with E-state index in [0.717, 1.165) is 49.0 Å². The average molecular weight is 661 g/mol. The Bertz CT molecular complexity index is 1750. The number of hydrogen-bond acceptors (Lipinski definition) is 6. The van der Waals surface area contributed by atoms with Crippen molar-refractivity contribution in [2.75, 3.05) is 12.4 Å². The van der Waals surface area contributed by atoms with Crippen molar-refractivity contribution in [3.05, 3.63) is 93.7 Å². The standard InChI is InChI=1S/C36H35Cl2N3O5/c1-20-15-24-17-25(45-19-28-33(40-46-34(28)22-11-12-22)32-29(37)9-6-10-30(32)38)18-31(20)41(24)36(43)39-23-13-14-26(35(42)44-2)27(16-23)21-7-4-3-5-8-21/h3-10,13-14,16,20,22,24-25,31H,11-12,15,17-19H2,1-2H3,(H,39,43)/t20-,24?,25+,31?/m1/s1. The van der Waals surface area contributed by atoms with Crippen LogP contribution in [0.4, 0.5) is 10.5 Å². The lowest BCUT2D eigenvalue weighted by atomic mass is 9.97. The van der Waals surface area contributed by atoms with Gasteiger partial charge in [-0.2, -0.15) is 0 Å². The third kappa shape index (κ3) is 5.90. The maximum Gasteiger partial charge on any atom is 0.338 e. The van der Waals surface area contributed by atoms with Crippen molar-refractivity contribution in [3.63, 3.8) is 0 Å². The Balaban J connectivity index is 1.07. The number of halogens is 2. The van der Waals surface area contributed by atoms with Crippen LogP contribution in [0.2, 0.25) is 10.0 Å². The lowest BCUT2D eigenvalue weighted by Gasteiger charge is -2.39. The van der Waals surface area contributed by atoms with Crippen LogP contribution >= 0.6 is 23.2 Å². The highest BCUT2D eigenvalue weighted by atomic mass is 35.5. The number of rotatable bonds is 8. The summed E-state index contributed by atoms with van der Waals surface area (Å²) >= 11 is 13.1. The first-order valence-corrected chi connectivity index (χ1v) is 16.5. The number of aromatic nitrogens is 1. The number of carbonyl (C=O) groups is 2. The number of benzene rings is 3. The number of nitrogens with one attached hydrogen (secondary N) is 1.